The first-order chi connectivity index (χ1) is 12.3. The minimum absolute atomic E-state index is 0. The van der Waals surface area contributed by atoms with Crippen LogP contribution in [-0.4, -0.2) is 76.6 Å². The van der Waals surface area contributed by atoms with Crippen LogP contribution in [0.5, 0.6) is 0 Å². The lowest BCUT2D eigenvalue weighted by Gasteiger charge is -2.15. The third-order valence-corrected chi connectivity index (χ3v) is 4.31. The molecular weight excluding hydrogens is 443 g/mol. The van der Waals surface area contributed by atoms with E-state index in [2.05, 4.69) is 36.3 Å². The van der Waals surface area contributed by atoms with E-state index in [1.165, 1.54) is 38.9 Å². The lowest BCUT2D eigenvalue weighted by molar-refractivity contribution is 0.0487. The molecule has 7 heteroatoms. The molecule has 2 N–H and O–H groups in total. The van der Waals surface area contributed by atoms with Crippen LogP contribution < -0.4 is 10.6 Å². The maximum atomic E-state index is 5.58. The van der Waals surface area contributed by atoms with Gasteiger partial charge in [0.05, 0.1) is 19.8 Å². The Morgan fingerprint density at radius 2 is 1.81 bits per heavy atom. The van der Waals surface area contributed by atoms with Gasteiger partial charge in [0.25, 0.3) is 0 Å². The maximum absolute atomic E-state index is 5.58. The molecule has 0 aliphatic carbocycles. The molecule has 0 radical (unpaired) electrons. The molecule has 0 aromatic carbocycles. The van der Waals surface area contributed by atoms with Gasteiger partial charge in [0.2, 0.25) is 0 Å². The maximum Gasteiger partial charge on any atom is 0.191 e. The molecule has 0 aromatic rings. The van der Waals surface area contributed by atoms with Crippen molar-refractivity contribution in [3.8, 4) is 0 Å². The molecule has 6 nitrogen and oxygen atoms in total. The van der Waals surface area contributed by atoms with Crippen molar-refractivity contribution in [2.75, 3.05) is 65.7 Å². The highest BCUT2D eigenvalue weighted by Crippen LogP contribution is 2.16. The van der Waals surface area contributed by atoms with Crippen molar-refractivity contribution in [3.63, 3.8) is 0 Å². The Morgan fingerprint density at radius 3 is 2.50 bits per heavy atom. The molecular formula is C19H41IN4O2. The summed E-state index contributed by atoms with van der Waals surface area (Å²) >= 11 is 0. The second-order valence-corrected chi connectivity index (χ2v) is 6.68. The Kier molecular flexibility index (Phi) is 18.2. The van der Waals surface area contributed by atoms with Gasteiger partial charge in [-0.1, -0.05) is 20.3 Å². The molecule has 1 fully saturated rings. The number of hydrogen-bond acceptors (Lipinski definition) is 4. The molecule has 1 atom stereocenters. The van der Waals surface area contributed by atoms with Gasteiger partial charge in [0.15, 0.2) is 5.96 Å². The molecule has 0 amide bonds. The van der Waals surface area contributed by atoms with Gasteiger partial charge in [0.1, 0.15) is 0 Å². The van der Waals surface area contributed by atoms with Gasteiger partial charge >= 0.3 is 0 Å². The third kappa shape index (κ3) is 13.1. The van der Waals surface area contributed by atoms with E-state index in [4.69, 9.17) is 14.5 Å². The van der Waals surface area contributed by atoms with E-state index in [1.54, 1.807) is 0 Å². The van der Waals surface area contributed by atoms with Crippen molar-refractivity contribution in [1.82, 2.24) is 15.5 Å². The fourth-order valence-corrected chi connectivity index (χ4v) is 2.95. The van der Waals surface area contributed by atoms with E-state index in [0.29, 0.717) is 25.7 Å². The minimum Gasteiger partial charge on any atom is -0.379 e. The van der Waals surface area contributed by atoms with E-state index in [0.717, 1.165) is 38.6 Å². The fourth-order valence-electron chi connectivity index (χ4n) is 2.95. The van der Waals surface area contributed by atoms with Crippen molar-refractivity contribution in [2.24, 2.45) is 10.9 Å². The number of nitrogens with one attached hydrogen (secondary N) is 2. The van der Waals surface area contributed by atoms with Crippen LogP contribution in [0.3, 0.4) is 0 Å². The van der Waals surface area contributed by atoms with Crippen molar-refractivity contribution in [1.29, 1.82) is 0 Å². The number of rotatable bonds is 14. The summed E-state index contributed by atoms with van der Waals surface area (Å²) in [4.78, 5) is 7.30. The van der Waals surface area contributed by atoms with Crippen LogP contribution in [0, 0.1) is 5.92 Å². The van der Waals surface area contributed by atoms with Crippen LogP contribution in [-0.2, 0) is 9.47 Å². The quantitative estimate of drug-likeness (QED) is 0.172. The van der Waals surface area contributed by atoms with Gasteiger partial charge in [-0.3, -0.25) is 4.99 Å². The Balaban J connectivity index is 0.00000625. The van der Waals surface area contributed by atoms with Crippen molar-refractivity contribution >= 4 is 29.9 Å². The normalized spacial score (nSPS) is 18.0. The molecule has 156 valence electrons. The molecule has 1 aliphatic rings. The molecule has 1 unspecified atom stereocenters. The Hall–Kier alpha value is -0.120. The fraction of sp³-hybridized carbons (Fsp3) is 0.947. The molecule has 0 bridgehead atoms. The highest BCUT2D eigenvalue weighted by molar-refractivity contribution is 14.0. The lowest BCUT2D eigenvalue weighted by Crippen LogP contribution is -2.39. The van der Waals surface area contributed by atoms with E-state index >= 15 is 0 Å². The summed E-state index contributed by atoms with van der Waals surface area (Å²) in [5.41, 5.74) is 0. The molecule has 0 spiro atoms. The van der Waals surface area contributed by atoms with Crippen molar-refractivity contribution < 1.29 is 9.47 Å². The highest BCUT2D eigenvalue weighted by atomic mass is 127. The van der Waals surface area contributed by atoms with Gasteiger partial charge in [-0.05, 0) is 45.2 Å². The Morgan fingerprint density at radius 1 is 1.04 bits per heavy atom. The molecule has 0 saturated carbocycles. The predicted molar refractivity (Wildman–Crippen MR) is 121 cm³/mol. The number of guanidine groups is 1. The average Bonchev–Trinajstić information content (AvgIpc) is 3.06. The Bertz CT molecular complexity index is 346. The molecule has 1 rings (SSSR count). The van der Waals surface area contributed by atoms with E-state index in [9.17, 15) is 0 Å². The average molecular weight is 484 g/mol. The third-order valence-electron chi connectivity index (χ3n) is 4.31. The van der Waals surface area contributed by atoms with E-state index < -0.39 is 0 Å². The number of aliphatic imine (C=N–C) groups is 1. The molecule has 1 heterocycles. The highest BCUT2D eigenvalue weighted by Gasteiger charge is 2.21. The second kappa shape index (κ2) is 18.3. The topological polar surface area (TPSA) is 58.1 Å². The van der Waals surface area contributed by atoms with Crippen LogP contribution in [0.4, 0.5) is 0 Å². The van der Waals surface area contributed by atoms with Gasteiger partial charge in [-0.25, -0.2) is 0 Å². The van der Waals surface area contributed by atoms with Crippen LogP contribution in [0.15, 0.2) is 4.99 Å². The number of hydrogen-bond donors (Lipinski definition) is 2. The van der Waals surface area contributed by atoms with Crippen molar-refractivity contribution in [2.45, 2.75) is 46.5 Å². The SMILES string of the molecule is CCCCOCCOCCNC(=NCC1CCN(CCC)C1)NCC.I. The monoisotopic (exact) mass is 484 g/mol. The summed E-state index contributed by atoms with van der Waals surface area (Å²) in [7, 11) is 0. The first-order valence-corrected chi connectivity index (χ1v) is 10.2. The first kappa shape index (κ1) is 25.9. The molecule has 1 aliphatic heterocycles. The number of nitrogens with zero attached hydrogens (tertiary/aromatic N) is 2. The lowest BCUT2D eigenvalue weighted by atomic mass is 10.1. The van der Waals surface area contributed by atoms with Crippen LogP contribution in [0.1, 0.15) is 46.5 Å². The van der Waals surface area contributed by atoms with Crippen LogP contribution in [0.25, 0.3) is 0 Å². The summed E-state index contributed by atoms with van der Waals surface area (Å²) in [5, 5.41) is 6.66. The predicted octanol–water partition coefficient (Wildman–Crippen LogP) is 2.72. The summed E-state index contributed by atoms with van der Waals surface area (Å²) in [5.74, 6) is 1.60. The summed E-state index contributed by atoms with van der Waals surface area (Å²) in [6, 6.07) is 0. The van der Waals surface area contributed by atoms with E-state index in [1.807, 2.05) is 0 Å². The zero-order valence-electron chi connectivity index (χ0n) is 17.1. The number of halogens is 1. The number of unbranched alkanes of at least 4 members (excludes halogenated alkanes) is 1. The summed E-state index contributed by atoms with van der Waals surface area (Å²) < 4.78 is 11.1. The van der Waals surface area contributed by atoms with Crippen LogP contribution >= 0.6 is 24.0 Å². The minimum atomic E-state index is 0. The first-order valence-electron chi connectivity index (χ1n) is 10.2. The second-order valence-electron chi connectivity index (χ2n) is 6.68. The van der Waals surface area contributed by atoms with Crippen LogP contribution in [0.2, 0.25) is 0 Å². The Labute approximate surface area is 177 Å². The van der Waals surface area contributed by atoms with E-state index in [-0.39, 0.29) is 24.0 Å². The van der Waals surface area contributed by atoms with Crippen molar-refractivity contribution in [3.05, 3.63) is 0 Å². The zero-order chi connectivity index (χ0) is 18.2. The number of ether oxygens (including phenoxy) is 2. The zero-order valence-corrected chi connectivity index (χ0v) is 19.4. The molecule has 26 heavy (non-hydrogen) atoms. The summed E-state index contributed by atoms with van der Waals surface area (Å²) in [6.07, 6.45) is 4.81. The molecule has 1 saturated heterocycles. The molecule has 0 aromatic heterocycles. The van der Waals surface area contributed by atoms with Gasteiger partial charge in [-0.2, -0.15) is 0 Å². The smallest absolute Gasteiger partial charge is 0.191 e. The van der Waals surface area contributed by atoms with Gasteiger partial charge < -0.3 is 25.0 Å². The largest absolute Gasteiger partial charge is 0.379 e. The number of likely N-dealkylation sites (tertiary alicyclic amines) is 1. The summed E-state index contributed by atoms with van der Waals surface area (Å²) in [6.45, 7) is 15.6. The van der Waals surface area contributed by atoms with Gasteiger partial charge in [0, 0.05) is 32.8 Å². The standard InChI is InChI=1S/C19H40N4O2.HI/c1-4-7-12-24-14-15-25-13-9-21-19(20-6-3)22-16-18-8-11-23(17-18)10-5-2;/h18H,4-17H2,1-3H3,(H2,20,21,22);1H. The van der Waals surface area contributed by atoms with Gasteiger partial charge in [-0.15, -0.1) is 24.0 Å².